The Hall–Kier alpha value is -7.22. The normalized spacial score (nSPS) is 29.5. The lowest BCUT2D eigenvalue weighted by Gasteiger charge is -2.35. The number of nitrogens with one attached hydrogen (secondary N) is 8. The molecule has 6 aliphatic heterocycles. The van der Waals surface area contributed by atoms with E-state index in [0.29, 0.717) is 75.3 Å². The fraction of sp³-hybridized carbons (Fsp3) is 0.636. The van der Waals surface area contributed by atoms with Crippen LogP contribution >= 0.6 is 21.6 Å². The molecule has 92 heavy (non-hydrogen) atoms. The summed E-state index contributed by atoms with van der Waals surface area (Å²) in [5, 5.41) is 23.2. The molecular formula is C66H94N12O12S2. The van der Waals surface area contributed by atoms with Crippen LogP contribution in [0.1, 0.15) is 131 Å². The lowest BCUT2D eigenvalue weighted by Crippen LogP contribution is -2.63. The molecule has 24 nitrogen and oxygen atoms in total. The van der Waals surface area contributed by atoms with Crippen molar-refractivity contribution < 1.29 is 57.5 Å². The van der Waals surface area contributed by atoms with Crippen molar-refractivity contribution in [2.24, 2.45) is 23.7 Å². The third kappa shape index (κ3) is 17.1. The molecule has 0 aliphatic carbocycles. The van der Waals surface area contributed by atoms with Gasteiger partial charge in [0.15, 0.2) is 0 Å². The average molecular weight is 1310 g/mol. The second-order valence-electron chi connectivity index (χ2n) is 26.2. The van der Waals surface area contributed by atoms with E-state index in [2.05, 4.69) is 42.5 Å². The second-order valence-corrected chi connectivity index (χ2v) is 28.7. The number of amides is 12. The fourth-order valence-electron chi connectivity index (χ4n) is 13.1. The van der Waals surface area contributed by atoms with Crippen LogP contribution in [0.15, 0.2) is 60.7 Å². The molecule has 8 N–H and O–H groups in total. The minimum absolute atomic E-state index is 0.0169. The molecule has 0 radical (unpaired) electrons. The Morgan fingerprint density at radius 1 is 0.359 bits per heavy atom. The van der Waals surface area contributed by atoms with Crippen molar-refractivity contribution in [1.29, 1.82) is 0 Å². The van der Waals surface area contributed by atoms with Crippen LogP contribution in [0.3, 0.4) is 0 Å². The molecule has 6 saturated heterocycles. The molecule has 26 heteroatoms. The number of rotatable bonds is 15. The van der Waals surface area contributed by atoms with Crippen LogP contribution < -0.4 is 42.5 Å². The maximum absolute atomic E-state index is 15.0. The van der Waals surface area contributed by atoms with Crippen LogP contribution in [-0.2, 0) is 70.4 Å². The number of hydrogen-bond acceptors (Lipinski definition) is 14. The number of benzene rings is 2. The summed E-state index contributed by atoms with van der Waals surface area (Å²) in [6.45, 7) is 15.3. The molecule has 0 aromatic heterocycles. The molecule has 0 unspecified atom stereocenters. The van der Waals surface area contributed by atoms with E-state index in [4.69, 9.17) is 0 Å². The molecule has 6 heterocycles. The molecule has 8 rings (SSSR count). The average Bonchev–Trinajstić information content (AvgIpc) is 1.64. The van der Waals surface area contributed by atoms with Gasteiger partial charge in [0.25, 0.3) is 0 Å². The molecule has 12 amide bonds. The number of carbonyl (C=O) groups excluding carboxylic acids is 12. The Kier molecular flexibility index (Phi) is 25.0. The van der Waals surface area contributed by atoms with Crippen molar-refractivity contribution >= 4 is 92.5 Å². The van der Waals surface area contributed by atoms with Crippen molar-refractivity contribution in [3.05, 3.63) is 71.8 Å². The highest BCUT2D eigenvalue weighted by molar-refractivity contribution is 8.76. The van der Waals surface area contributed by atoms with Crippen molar-refractivity contribution in [2.75, 3.05) is 37.7 Å². The standard InChI is InChI=1S/C66H94N12O12S2/c1-9-39(7)53-61(85)71-51(37(3)4)65(89)77-31-19-27-49(77)63(87)75-29-17-25-47(75)59(83)67-43(33-41-21-13-11-14-22-41)55(79)69-45(57(81)73-53)35-91-92-36-46-58(82)74-54(40(8)10-2)62(86)72-52(38(5)6)66(90)78-32-20-28-50(78)64(88)76-30-18-26-48(76)60(84)68-44(56(80)70-46)34-42-23-15-12-16-24-42/h11-16,21-24,37-40,43-54H,9-10,17-20,25-36H2,1-8H3,(H,67,83)(H,68,84)(H,69,79)(H,70,80)(H,71,85)(H,72,86)(H,73,81)(H,74,82)/t39-,40-,43-,44-,45+,46+,47-,48-,49-,50-,51-,52-,53-,54-/m0/s1. The number of carbonyl (C=O) groups is 12. The highest BCUT2D eigenvalue weighted by Gasteiger charge is 2.48. The molecule has 2 aromatic rings. The largest absolute Gasteiger partial charge is 0.342 e. The van der Waals surface area contributed by atoms with Crippen LogP contribution in [0.4, 0.5) is 0 Å². The predicted octanol–water partition coefficient (Wildman–Crippen LogP) is 2.13. The topological polar surface area (TPSA) is 314 Å². The summed E-state index contributed by atoms with van der Waals surface area (Å²) in [4.78, 5) is 183. The molecule has 502 valence electrons. The summed E-state index contributed by atoms with van der Waals surface area (Å²) < 4.78 is 0. The zero-order chi connectivity index (χ0) is 66.5. The third-order valence-corrected chi connectivity index (χ3v) is 21.4. The van der Waals surface area contributed by atoms with Gasteiger partial charge in [0.1, 0.15) is 72.5 Å². The molecule has 14 atom stereocenters. The van der Waals surface area contributed by atoms with E-state index in [9.17, 15) is 47.9 Å². The van der Waals surface area contributed by atoms with E-state index < -0.39 is 155 Å². The third-order valence-electron chi connectivity index (χ3n) is 19.0. The first-order valence-electron chi connectivity index (χ1n) is 33.0. The van der Waals surface area contributed by atoms with Gasteiger partial charge >= 0.3 is 0 Å². The van der Waals surface area contributed by atoms with Crippen molar-refractivity contribution in [3.63, 3.8) is 0 Å². The van der Waals surface area contributed by atoms with Gasteiger partial charge in [-0.3, -0.25) is 57.5 Å². The monoisotopic (exact) mass is 1310 g/mol. The summed E-state index contributed by atoms with van der Waals surface area (Å²) in [5.74, 6) is -9.54. The first-order chi connectivity index (χ1) is 44.0. The molecule has 0 saturated carbocycles. The van der Waals surface area contributed by atoms with Gasteiger partial charge in [-0.05, 0) is 86.2 Å². The van der Waals surface area contributed by atoms with E-state index in [0.717, 1.165) is 21.6 Å². The van der Waals surface area contributed by atoms with Crippen molar-refractivity contribution in [2.45, 2.75) is 205 Å². The molecule has 2 aromatic carbocycles. The van der Waals surface area contributed by atoms with E-state index in [1.165, 1.54) is 19.6 Å². The zero-order valence-corrected chi connectivity index (χ0v) is 55.9. The summed E-state index contributed by atoms with van der Waals surface area (Å²) in [7, 11) is 2.10. The van der Waals surface area contributed by atoms with Crippen LogP contribution in [0, 0.1) is 23.7 Å². The molecule has 0 spiro atoms. The minimum Gasteiger partial charge on any atom is -0.342 e. The first kappa shape index (κ1) is 70.6. The molecule has 0 bridgehead atoms. The van der Waals surface area contributed by atoms with E-state index in [1.807, 2.05) is 13.8 Å². The van der Waals surface area contributed by atoms with Gasteiger partial charge < -0.3 is 62.1 Å². The lowest BCUT2D eigenvalue weighted by molar-refractivity contribution is -0.149. The predicted molar refractivity (Wildman–Crippen MR) is 348 cm³/mol. The van der Waals surface area contributed by atoms with Crippen LogP contribution in [0.5, 0.6) is 0 Å². The Balaban J connectivity index is 1.12. The molecular weight excluding hydrogens is 1220 g/mol. The Morgan fingerprint density at radius 3 is 0.978 bits per heavy atom. The van der Waals surface area contributed by atoms with Gasteiger partial charge in [0, 0.05) is 50.5 Å². The quantitative estimate of drug-likeness (QED) is 0.0937. The minimum atomic E-state index is -1.43. The van der Waals surface area contributed by atoms with Crippen LogP contribution in [0.25, 0.3) is 0 Å². The summed E-state index contributed by atoms with van der Waals surface area (Å²) in [6, 6.07) is 4.12. The highest BCUT2D eigenvalue weighted by atomic mass is 33.1. The number of nitrogens with zero attached hydrogens (tertiary/aromatic N) is 4. The molecule has 6 aliphatic rings. The highest BCUT2D eigenvalue weighted by Crippen LogP contribution is 2.30. The van der Waals surface area contributed by atoms with Crippen LogP contribution in [-0.4, -0.2) is 201 Å². The number of fused-ring (bicyclic) bond motifs is 4. The zero-order valence-electron chi connectivity index (χ0n) is 54.2. The van der Waals surface area contributed by atoms with Crippen molar-refractivity contribution in [1.82, 2.24) is 62.1 Å². The van der Waals surface area contributed by atoms with Gasteiger partial charge in [-0.2, -0.15) is 0 Å². The van der Waals surface area contributed by atoms with Gasteiger partial charge in [0.05, 0.1) is 0 Å². The van der Waals surface area contributed by atoms with Crippen LogP contribution in [0.2, 0.25) is 0 Å². The fourth-order valence-corrected chi connectivity index (χ4v) is 15.5. The Labute approximate surface area is 547 Å². The summed E-state index contributed by atoms with van der Waals surface area (Å²) in [5.41, 5.74) is 1.36. The van der Waals surface area contributed by atoms with Gasteiger partial charge in [-0.1, -0.05) is 150 Å². The number of hydrogen-bond donors (Lipinski definition) is 8. The van der Waals surface area contributed by atoms with E-state index in [1.54, 1.807) is 102 Å². The lowest BCUT2D eigenvalue weighted by atomic mass is 9.95. The smallest absolute Gasteiger partial charge is 0.246 e. The SMILES string of the molecule is CC[C@H](C)[C@@H]1NC(=O)[C@@H](CSSC[C@H]2NC(=O)[C@H](Cc3ccccc3)NC(=O)[C@@H]3CCCN3C(=O)[C@@H]3CCCN3C(=O)[C@H](C(C)C)NC(=O)[C@H]([C@@H](C)CC)NC2=O)NC(=O)[C@H](Cc2ccccc2)NC(=O)[C@@H]2CCCN2C(=O)[C@@H]2CCCN2C(=O)[C@H](C(C)C)NC1=O. The van der Waals surface area contributed by atoms with Gasteiger partial charge in [0.2, 0.25) is 70.9 Å². The van der Waals surface area contributed by atoms with Crippen molar-refractivity contribution in [3.8, 4) is 0 Å². The Bertz CT molecular complexity index is 2820. The van der Waals surface area contributed by atoms with E-state index in [-0.39, 0.29) is 62.3 Å². The van der Waals surface area contributed by atoms with Gasteiger partial charge in [-0.15, -0.1) is 0 Å². The maximum Gasteiger partial charge on any atom is 0.246 e. The first-order valence-corrected chi connectivity index (χ1v) is 35.5. The Morgan fingerprint density at radius 2 is 0.652 bits per heavy atom. The summed E-state index contributed by atoms with van der Waals surface area (Å²) >= 11 is 0. The summed E-state index contributed by atoms with van der Waals surface area (Å²) in [6.07, 6.45) is 4.12. The molecule has 6 fully saturated rings. The second kappa shape index (κ2) is 32.6. The maximum atomic E-state index is 15.0. The van der Waals surface area contributed by atoms with Gasteiger partial charge in [-0.25, -0.2) is 0 Å². The van der Waals surface area contributed by atoms with E-state index >= 15 is 9.59 Å².